The van der Waals surface area contributed by atoms with Gasteiger partial charge in [-0.2, -0.15) is 0 Å². The first-order chi connectivity index (χ1) is 28.5. The molecule has 3 aromatic carbocycles. The van der Waals surface area contributed by atoms with Gasteiger partial charge in [-0.15, -0.1) is 11.3 Å². The Morgan fingerprint density at radius 2 is 1.82 bits per heavy atom. The van der Waals surface area contributed by atoms with E-state index in [1.165, 1.54) is 29.5 Å². The zero-order valence-electron chi connectivity index (χ0n) is 34.7. The Balaban J connectivity index is 1.00. The van der Waals surface area contributed by atoms with Crippen molar-refractivity contribution in [3.63, 3.8) is 0 Å². The number of benzene rings is 3. The van der Waals surface area contributed by atoms with Crippen LogP contribution in [0.1, 0.15) is 57.3 Å². The summed E-state index contributed by atoms with van der Waals surface area (Å²) in [5, 5.41) is 22.6. The highest BCUT2D eigenvalue weighted by Gasteiger charge is 2.40. The van der Waals surface area contributed by atoms with Gasteiger partial charge in [0.25, 0.3) is 0 Å². The van der Waals surface area contributed by atoms with E-state index in [0.717, 1.165) is 16.0 Å². The third-order valence-electron chi connectivity index (χ3n) is 11.2. The van der Waals surface area contributed by atoms with Gasteiger partial charge in [-0.05, 0) is 83.9 Å². The number of carbonyl (C=O) groups is 2. The molecule has 2 amide bonds. The van der Waals surface area contributed by atoms with Crippen LogP contribution in [-0.2, 0) is 20.5 Å². The zero-order valence-corrected chi connectivity index (χ0v) is 37.3. The van der Waals surface area contributed by atoms with Crippen molar-refractivity contribution in [1.82, 2.24) is 15.2 Å². The first-order valence-corrected chi connectivity index (χ1v) is 24.1. The van der Waals surface area contributed by atoms with Gasteiger partial charge < -0.3 is 39.5 Å². The first-order valence-electron chi connectivity index (χ1n) is 19.9. The summed E-state index contributed by atoms with van der Waals surface area (Å²) in [5.74, 6) is -0.00667. The maximum absolute atomic E-state index is 13.8. The molecule has 1 fully saturated rings. The molecule has 5 aromatic rings. The number of methoxy groups -OCH3 is 1. The number of likely N-dealkylation sites (tertiary alicyclic amines) is 1. The number of piperidine rings is 1. The van der Waals surface area contributed by atoms with Crippen LogP contribution in [0, 0.1) is 5.82 Å². The summed E-state index contributed by atoms with van der Waals surface area (Å²) in [6, 6.07) is 18.1. The topological polar surface area (TPSA) is 154 Å². The Morgan fingerprint density at radius 1 is 1.05 bits per heavy atom. The van der Waals surface area contributed by atoms with Gasteiger partial charge in [-0.1, -0.05) is 50.6 Å². The molecule has 1 atom stereocenters. The van der Waals surface area contributed by atoms with Crippen molar-refractivity contribution in [1.29, 1.82) is 0 Å². The molecule has 0 unspecified atom stereocenters. The van der Waals surface area contributed by atoms with E-state index >= 15 is 0 Å². The minimum Gasteiger partial charge on any atom is -0.506 e. The SMILES string of the molecule is COc1cc(NC(=O)CCN2CCC(OC(=O)Nc3ccsc3-c3cccc(F)c3)CC2)c(Cl)cc1CNC[C@@H](O[Si](C)(C)C(C)(C)C)c1ccc(O)c2[nH]c(=O)ccc12. The summed E-state index contributed by atoms with van der Waals surface area (Å²) in [7, 11) is -0.719. The number of nitrogens with zero attached hydrogens (tertiary/aromatic N) is 1. The Morgan fingerprint density at radius 3 is 2.53 bits per heavy atom. The minimum absolute atomic E-state index is 0.0134. The predicted octanol–water partition coefficient (Wildman–Crippen LogP) is 9.66. The number of halogens is 2. The van der Waals surface area contributed by atoms with Crippen LogP contribution < -0.4 is 26.2 Å². The number of anilines is 2. The fourth-order valence-corrected chi connectivity index (χ4v) is 9.28. The van der Waals surface area contributed by atoms with Crippen LogP contribution in [0.4, 0.5) is 20.6 Å². The fraction of sp³-hybridized carbons (Fsp3) is 0.386. The predicted molar refractivity (Wildman–Crippen MR) is 239 cm³/mol. The number of pyridine rings is 1. The van der Waals surface area contributed by atoms with Gasteiger partial charge in [-0.3, -0.25) is 14.9 Å². The van der Waals surface area contributed by atoms with Crippen molar-refractivity contribution in [2.45, 2.75) is 76.9 Å². The molecular formula is C44H53ClFN5O7SSi. The molecule has 1 aliphatic rings. The van der Waals surface area contributed by atoms with Crippen molar-refractivity contribution in [3.05, 3.63) is 104 Å². The molecule has 0 bridgehead atoms. The third-order valence-corrected chi connectivity index (χ3v) is 17.0. The number of aromatic nitrogens is 1. The average molecular weight is 879 g/mol. The number of phenolic OH excluding ortho intramolecular Hbond substituents is 1. The van der Waals surface area contributed by atoms with E-state index in [-0.39, 0.29) is 40.6 Å². The van der Waals surface area contributed by atoms with Gasteiger partial charge in [0.2, 0.25) is 11.5 Å². The number of aromatic amines is 1. The average Bonchev–Trinajstić information content (AvgIpc) is 3.66. The third kappa shape index (κ3) is 11.1. The first kappa shape index (κ1) is 44.8. The Bertz CT molecular complexity index is 2380. The summed E-state index contributed by atoms with van der Waals surface area (Å²) in [6.07, 6.45) is 0.273. The van der Waals surface area contributed by atoms with Crippen LogP contribution in [0.5, 0.6) is 11.5 Å². The van der Waals surface area contributed by atoms with E-state index in [1.54, 1.807) is 49.6 Å². The molecule has 1 aliphatic heterocycles. The van der Waals surface area contributed by atoms with Crippen LogP contribution in [-0.4, -0.2) is 74.7 Å². The largest absolute Gasteiger partial charge is 0.506 e. The van der Waals surface area contributed by atoms with Gasteiger partial charge in [0.15, 0.2) is 8.32 Å². The van der Waals surface area contributed by atoms with Gasteiger partial charge in [0, 0.05) is 62.2 Å². The quantitative estimate of drug-likeness (QED) is 0.0647. The summed E-state index contributed by atoms with van der Waals surface area (Å²) in [5.41, 5.74) is 3.37. The van der Waals surface area contributed by atoms with Crippen LogP contribution in [0.15, 0.2) is 76.9 Å². The molecule has 12 nitrogen and oxygen atoms in total. The standard InChI is InChI=1S/C44H53ClFN5O7SSi/c1-44(2,3)60(5,6)58-38(31-10-12-36(52)41-32(31)11-13-39(53)50-41)26-47-25-28-23-33(45)35(24-37(28)56-4)48-40(54)16-20-51-18-14-30(15-19-51)57-43(55)49-34-17-21-59-42(34)27-8-7-9-29(46)22-27/h7-13,17,21-24,30,38,47,52H,14-16,18-20,25-26H2,1-6H3,(H,48,54)(H,49,55)(H,50,53)/t38-/m1/s1. The van der Waals surface area contributed by atoms with Crippen molar-refractivity contribution in [2.75, 3.05) is 43.9 Å². The number of nitrogens with one attached hydrogen (secondary N) is 4. The molecule has 0 spiro atoms. The van der Waals surface area contributed by atoms with Crippen LogP contribution in [0.25, 0.3) is 21.3 Å². The minimum atomic E-state index is -2.28. The molecule has 5 N–H and O–H groups in total. The van der Waals surface area contributed by atoms with Crippen LogP contribution in [0.3, 0.4) is 0 Å². The molecule has 1 saturated heterocycles. The number of H-pyrrole nitrogens is 1. The monoisotopic (exact) mass is 877 g/mol. The lowest BCUT2D eigenvalue weighted by molar-refractivity contribution is -0.116. The van der Waals surface area contributed by atoms with Crippen LogP contribution >= 0.6 is 22.9 Å². The zero-order chi connectivity index (χ0) is 43.2. The second-order valence-electron chi connectivity index (χ2n) is 16.5. The fourth-order valence-electron chi connectivity index (χ4n) is 6.92. The Kier molecular flexibility index (Phi) is 14.4. The highest BCUT2D eigenvalue weighted by molar-refractivity contribution is 7.14. The van der Waals surface area contributed by atoms with Crippen molar-refractivity contribution in [2.24, 2.45) is 0 Å². The van der Waals surface area contributed by atoms with Crippen molar-refractivity contribution in [3.8, 4) is 21.9 Å². The number of carbonyl (C=O) groups excluding carboxylic acids is 2. The normalized spacial score (nSPS) is 14.5. The number of phenols is 1. The maximum Gasteiger partial charge on any atom is 0.411 e. The number of hydrogen-bond acceptors (Lipinski definition) is 10. The number of aromatic hydroxyl groups is 1. The van der Waals surface area contributed by atoms with Crippen molar-refractivity contribution < 1.29 is 33.0 Å². The second kappa shape index (κ2) is 19.3. The van der Waals surface area contributed by atoms with E-state index in [2.05, 4.69) is 59.7 Å². The summed E-state index contributed by atoms with van der Waals surface area (Å²) in [6.45, 7) is 13.5. The smallest absolute Gasteiger partial charge is 0.411 e. The number of amides is 2. The van der Waals surface area contributed by atoms with Gasteiger partial charge in [0.1, 0.15) is 23.4 Å². The van der Waals surface area contributed by atoms with E-state index < -0.39 is 20.5 Å². The molecule has 2 aromatic heterocycles. The molecule has 6 rings (SSSR count). The molecule has 16 heteroatoms. The Hall–Kier alpha value is -4.77. The number of ether oxygens (including phenoxy) is 2. The molecule has 0 saturated carbocycles. The van der Waals surface area contributed by atoms with Gasteiger partial charge >= 0.3 is 6.09 Å². The maximum atomic E-state index is 13.8. The summed E-state index contributed by atoms with van der Waals surface area (Å²) >= 11 is 8.13. The molecular weight excluding hydrogens is 825 g/mol. The van der Waals surface area contributed by atoms with Gasteiger partial charge in [0.05, 0.1) is 40.0 Å². The van der Waals surface area contributed by atoms with E-state index in [9.17, 15) is 23.9 Å². The molecule has 0 radical (unpaired) electrons. The number of thiophene rings is 1. The van der Waals surface area contributed by atoms with E-state index in [0.29, 0.717) is 84.2 Å². The summed E-state index contributed by atoms with van der Waals surface area (Å²) < 4.78 is 32.1. The lowest BCUT2D eigenvalue weighted by Crippen LogP contribution is -2.43. The highest BCUT2D eigenvalue weighted by atomic mass is 35.5. The second-order valence-corrected chi connectivity index (χ2v) is 22.5. The van der Waals surface area contributed by atoms with Crippen molar-refractivity contribution >= 4 is 65.5 Å². The van der Waals surface area contributed by atoms with E-state index in [4.69, 9.17) is 25.5 Å². The molecule has 3 heterocycles. The molecule has 60 heavy (non-hydrogen) atoms. The van der Waals surface area contributed by atoms with Gasteiger partial charge in [-0.25, -0.2) is 9.18 Å². The molecule has 0 aliphatic carbocycles. The number of fused-ring (bicyclic) bond motifs is 1. The Labute approximate surface area is 359 Å². The summed E-state index contributed by atoms with van der Waals surface area (Å²) in [4.78, 5) is 43.6. The lowest BCUT2D eigenvalue weighted by atomic mass is 10.0. The van der Waals surface area contributed by atoms with E-state index in [1.807, 2.05) is 11.4 Å². The van der Waals surface area contributed by atoms with Crippen LogP contribution in [0.2, 0.25) is 23.2 Å². The number of hydrogen-bond donors (Lipinski definition) is 5. The number of rotatable bonds is 15. The lowest BCUT2D eigenvalue weighted by Gasteiger charge is -2.39. The molecule has 320 valence electrons. The highest BCUT2D eigenvalue weighted by Crippen LogP contribution is 2.41.